The Labute approximate surface area is 172 Å². The van der Waals surface area contributed by atoms with E-state index in [1.807, 2.05) is 51.2 Å². The minimum atomic E-state index is -0.253. The van der Waals surface area contributed by atoms with Crippen LogP contribution in [0, 0.1) is 5.82 Å². The number of amides is 1. The zero-order valence-electron chi connectivity index (χ0n) is 16.0. The van der Waals surface area contributed by atoms with E-state index in [1.54, 1.807) is 12.1 Å². The molecular formula is C23H20FN3OS. The van der Waals surface area contributed by atoms with Gasteiger partial charge >= 0.3 is 0 Å². The Morgan fingerprint density at radius 2 is 2.07 bits per heavy atom. The van der Waals surface area contributed by atoms with E-state index in [0.717, 1.165) is 46.0 Å². The first kappa shape index (κ1) is 18.1. The molecule has 6 heteroatoms. The van der Waals surface area contributed by atoms with E-state index < -0.39 is 0 Å². The first-order valence-electron chi connectivity index (χ1n) is 9.71. The number of benzene rings is 2. The summed E-state index contributed by atoms with van der Waals surface area (Å²) in [6.07, 6.45) is 3.91. The van der Waals surface area contributed by atoms with Gasteiger partial charge in [0, 0.05) is 34.6 Å². The number of fused-ring (bicyclic) bond motifs is 2. The van der Waals surface area contributed by atoms with Crippen LogP contribution in [0.1, 0.15) is 24.6 Å². The van der Waals surface area contributed by atoms with Crippen molar-refractivity contribution in [1.82, 2.24) is 9.38 Å². The molecule has 0 fully saturated rings. The molecule has 4 nitrogen and oxygen atoms in total. The van der Waals surface area contributed by atoms with Crippen LogP contribution in [0.4, 0.5) is 10.1 Å². The van der Waals surface area contributed by atoms with Crippen LogP contribution in [0.25, 0.3) is 16.2 Å². The number of thiazole rings is 1. The van der Waals surface area contributed by atoms with Gasteiger partial charge in [0.2, 0.25) is 5.91 Å². The van der Waals surface area contributed by atoms with Gasteiger partial charge in [0.05, 0.1) is 12.1 Å². The summed E-state index contributed by atoms with van der Waals surface area (Å²) in [5, 5.41) is 2.00. The number of imidazole rings is 1. The number of aromatic nitrogens is 2. The number of carbonyl (C=O) groups is 1. The maximum Gasteiger partial charge on any atom is 0.233 e. The number of aryl methyl sites for hydroxylation is 1. The first-order valence-corrected chi connectivity index (χ1v) is 10.6. The van der Waals surface area contributed by atoms with Gasteiger partial charge in [0.1, 0.15) is 5.82 Å². The summed E-state index contributed by atoms with van der Waals surface area (Å²) in [6, 6.07) is 14.8. The lowest BCUT2D eigenvalue weighted by atomic mass is 9.96. The monoisotopic (exact) mass is 405 g/mol. The first-order chi connectivity index (χ1) is 14.1. The van der Waals surface area contributed by atoms with Crippen LogP contribution in [-0.4, -0.2) is 21.3 Å². The van der Waals surface area contributed by atoms with Crippen molar-refractivity contribution in [3.63, 3.8) is 0 Å². The summed E-state index contributed by atoms with van der Waals surface area (Å²) in [7, 11) is 0. The fourth-order valence-electron chi connectivity index (χ4n) is 4.05. The molecule has 0 N–H and O–H groups in total. The number of rotatable bonds is 3. The number of carbonyl (C=O) groups excluding carboxylic acids is 1. The average molecular weight is 405 g/mol. The predicted molar refractivity (Wildman–Crippen MR) is 114 cm³/mol. The van der Waals surface area contributed by atoms with Gasteiger partial charge in [-0.05, 0) is 43.5 Å². The molecule has 2 aromatic heterocycles. The van der Waals surface area contributed by atoms with E-state index >= 15 is 0 Å². The standard InChI is InChI=1S/C23H20FN3OS/c1-15-7-8-17-11-18(24)9-10-21(17)27(15)22(28)12-19-14-29-23-25-20(13-26(19)23)16-5-3-2-4-6-16/h2-6,9-11,13-15H,7-8,12H2,1H3. The Kier molecular flexibility index (Phi) is 4.43. The van der Waals surface area contributed by atoms with Crippen molar-refractivity contribution in [1.29, 1.82) is 0 Å². The molecule has 1 amide bonds. The molecular weight excluding hydrogens is 385 g/mol. The maximum atomic E-state index is 13.6. The fourth-order valence-corrected chi connectivity index (χ4v) is 4.92. The second kappa shape index (κ2) is 7.12. The lowest BCUT2D eigenvalue weighted by molar-refractivity contribution is -0.118. The summed E-state index contributed by atoms with van der Waals surface area (Å²) in [6.45, 7) is 2.05. The molecule has 0 spiro atoms. The molecule has 0 radical (unpaired) electrons. The van der Waals surface area contributed by atoms with Gasteiger partial charge in [-0.15, -0.1) is 11.3 Å². The molecule has 5 rings (SSSR count). The SMILES string of the molecule is CC1CCc2cc(F)ccc2N1C(=O)Cc1csc2nc(-c3ccccc3)cn12. The molecule has 1 aliphatic heterocycles. The molecule has 2 aromatic carbocycles. The van der Waals surface area contributed by atoms with Crippen molar-refractivity contribution < 1.29 is 9.18 Å². The molecule has 1 unspecified atom stereocenters. The van der Waals surface area contributed by atoms with Crippen LogP contribution in [-0.2, 0) is 17.6 Å². The van der Waals surface area contributed by atoms with Crippen molar-refractivity contribution in [3.8, 4) is 11.3 Å². The number of halogens is 1. The highest BCUT2D eigenvalue weighted by Gasteiger charge is 2.29. The van der Waals surface area contributed by atoms with Crippen LogP contribution < -0.4 is 4.90 Å². The minimum Gasteiger partial charge on any atom is -0.309 e. The normalized spacial score (nSPS) is 16.2. The van der Waals surface area contributed by atoms with E-state index in [1.165, 1.54) is 17.4 Å². The Hall–Kier alpha value is -2.99. The number of hydrogen-bond acceptors (Lipinski definition) is 3. The van der Waals surface area contributed by atoms with E-state index in [0.29, 0.717) is 0 Å². The quantitative estimate of drug-likeness (QED) is 0.475. The molecule has 0 aliphatic carbocycles. The molecule has 146 valence electrons. The highest BCUT2D eigenvalue weighted by atomic mass is 32.1. The third kappa shape index (κ3) is 3.23. The zero-order chi connectivity index (χ0) is 20.0. The number of anilines is 1. The summed E-state index contributed by atoms with van der Waals surface area (Å²) in [4.78, 5) is 20.7. The van der Waals surface area contributed by atoms with Gasteiger partial charge in [0.15, 0.2) is 4.96 Å². The van der Waals surface area contributed by atoms with Crippen molar-refractivity contribution >= 4 is 27.9 Å². The zero-order valence-corrected chi connectivity index (χ0v) is 16.8. The molecule has 1 atom stereocenters. The number of hydrogen-bond donors (Lipinski definition) is 0. The summed E-state index contributed by atoms with van der Waals surface area (Å²) in [5.74, 6) is -0.225. The smallest absolute Gasteiger partial charge is 0.233 e. The lowest BCUT2D eigenvalue weighted by Crippen LogP contribution is -2.43. The molecule has 4 aromatic rings. The van der Waals surface area contributed by atoms with E-state index in [2.05, 4.69) is 6.92 Å². The topological polar surface area (TPSA) is 37.6 Å². The van der Waals surface area contributed by atoms with Gasteiger partial charge in [-0.1, -0.05) is 30.3 Å². The van der Waals surface area contributed by atoms with Gasteiger partial charge in [-0.2, -0.15) is 0 Å². The van der Waals surface area contributed by atoms with E-state index in [-0.39, 0.29) is 24.2 Å². The van der Waals surface area contributed by atoms with Crippen molar-refractivity contribution in [2.24, 2.45) is 0 Å². The molecule has 1 aliphatic rings. The Morgan fingerprint density at radius 3 is 2.90 bits per heavy atom. The Bertz CT molecular complexity index is 1200. The van der Waals surface area contributed by atoms with Crippen molar-refractivity contribution in [3.05, 3.63) is 77.2 Å². The fraction of sp³-hybridized carbons (Fsp3) is 0.217. The molecule has 3 heterocycles. The van der Waals surface area contributed by atoms with Gasteiger partial charge in [-0.3, -0.25) is 9.20 Å². The number of nitrogens with zero attached hydrogens (tertiary/aromatic N) is 3. The minimum absolute atomic E-state index is 0.0275. The van der Waals surface area contributed by atoms with E-state index in [9.17, 15) is 9.18 Å². The molecule has 29 heavy (non-hydrogen) atoms. The Morgan fingerprint density at radius 1 is 1.24 bits per heavy atom. The third-order valence-corrected chi connectivity index (χ3v) is 6.42. The highest BCUT2D eigenvalue weighted by molar-refractivity contribution is 7.15. The third-order valence-electron chi connectivity index (χ3n) is 5.53. The van der Waals surface area contributed by atoms with Crippen molar-refractivity contribution in [2.45, 2.75) is 32.2 Å². The van der Waals surface area contributed by atoms with E-state index in [4.69, 9.17) is 4.98 Å². The van der Waals surface area contributed by atoms with Gasteiger partial charge in [-0.25, -0.2) is 9.37 Å². The van der Waals surface area contributed by atoms with Gasteiger partial charge < -0.3 is 4.90 Å². The van der Waals surface area contributed by atoms with Gasteiger partial charge in [0.25, 0.3) is 0 Å². The summed E-state index contributed by atoms with van der Waals surface area (Å²) < 4.78 is 15.6. The summed E-state index contributed by atoms with van der Waals surface area (Å²) >= 11 is 1.54. The van der Waals surface area contributed by atoms with Crippen LogP contribution in [0.15, 0.2) is 60.1 Å². The second-order valence-electron chi connectivity index (χ2n) is 7.47. The summed E-state index contributed by atoms with van der Waals surface area (Å²) in [5.41, 5.74) is 4.61. The highest BCUT2D eigenvalue weighted by Crippen LogP contribution is 2.32. The molecule has 0 bridgehead atoms. The molecule has 0 saturated heterocycles. The van der Waals surface area contributed by atoms with Crippen LogP contribution in [0.2, 0.25) is 0 Å². The predicted octanol–water partition coefficient (Wildman–Crippen LogP) is 5.11. The van der Waals surface area contributed by atoms with Crippen LogP contribution >= 0.6 is 11.3 Å². The van der Waals surface area contributed by atoms with Crippen LogP contribution in [0.5, 0.6) is 0 Å². The average Bonchev–Trinajstić information content (AvgIpc) is 3.30. The Balaban J connectivity index is 1.45. The van der Waals surface area contributed by atoms with Crippen LogP contribution in [0.3, 0.4) is 0 Å². The maximum absolute atomic E-state index is 13.6. The largest absolute Gasteiger partial charge is 0.309 e. The van der Waals surface area contributed by atoms with Crippen molar-refractivity contribution in [2.75, 3.05) is 4.90 Å². The molecule has 0 saturated carbocycles. The second-order valence-corrected chi connectivity index (χ2v) is 8.31. The lowest BCUT2D eigenvalue weighted by Gasteiger charge is -2.35.